The van der Waals surface area contributed by atoms with E-state index in [-0.39, 0.29) is 6.42 Å². The van der Waals surface area contributed by atoms with E-state index in [1.165, 1.54) is 6.21 Å². The minimum atomic E-state index is -0.522. The van der Waals surface area contributed by atoms with Gasteiger partial charge in [0.15, 0.2) is 11.5 Å². The first-order valence-electron chi connectivity index (χ1n) is 10.3. The second-order valence-corrected chi connectivity index (χ2v) is 7.78. The molecule has 0 aliphatic carbocycles. The summed E-state index contributed by atoms with van der Waals surface area (Å²) >= 11 is 3.52. The first-order chi connectivity index (χ1) is 16.0. The van der Waals surface area contributed by atoms with E-state index in [1.54, 1.807) is 36.4 Å². The number of hydrazone groups is 1. The lowest BCUT2D eigenvalue weighted by atomic mass is 10.2. The molecule has 0 fully saturated rings. The highest BCUT2D eigenvalue weighted by Crippen LogP contribution is 2.37. The maximum atomic E-state index is 12.0. The van der Waals surface area contributed by atoms with E-state index in [9.17, 15) is 9.59 Å². The van der Waals surface area contributed by atoms with Gasteiger partial charge in [0, 0.05) is 5.69 Å². The van der Waals surface area contributed by atoms with Crippen LogP contribution in [0.1, 0.15) is 24.5 Å². The minimum absolute atomic E-state index is 0.341. The van der Waals surface area contributed by atoms with Crippen LogP contribution in [0.3, 0.4) is 0 Å². The maximum absolute atomic E-state index is 12.0. The van der Waals surface area contributed by atoms with E-state index in [4.69, 9.17) is 9.47 Å². The Balaban J connectivity index is 1.59. The Kier molecular flexibility index (Phi) is 9.02. The molecule has 33 heavy (non-hydrogen) atoms. The van der Waals surface area contributed by atoms with Gasteiger partial charge in [0.05, 0.1) is 17.3 Å². The molecule has 0 aliphatic rings. The molecule has 0 bridgehead atoms. The molecular weight excluding hydrogens is 486 g/mol. The molecular formula is C25H24BrN3O4. The fraction of sp³-hybridized carbons (Fsp3) is 0.160. The van der Waals surface area contributed by atoms with Crippen molar-refractivity contribution in [2.75, 3.05) is 11.9 Å². The summed E-state index contributed by atoms with van der Waals surface area (Å²) in [5.74, 6) is 0.194. The number of hydrogen-bond donors (Lipinski definition) is 2. The van der Waals surface area contributed by atoms with Gasteiger partial charge in [-0.1, -0.05) is 48.5 Å². The third kappa shape index (κ3) is 7.76. The van der Waals surface area contributed by atoms with Crippen LogP contribution in [-0.2, 0) is 16.2 Å². The number of benzene rings is 3. The third-order valence-electron chi connectivity index (χ3n) is 4.34. The Labute approximate surface area is 200 Å². The summed E-state index contributed by atoms with van der Waals surface area (Å²) in [7, 11) is 0. The number of amides is 2. The van der Waals surface area contributed by atoms with Crippen LogP contribution in [0.5, 0.6) is 11.5 Å². The van der Waals surface area contributed by atoms with Gasteiger partial charge in [-0.25, -0.2) is 5.43 Å². The van der Waals surface area contributed by atoms with Crippen molar-refractivity contribution in [3.05, 3.63) is 88.4 Å². The largest absolute Gasteiger partial charge is 0.490 e. The standard InChI is InChI=1S/C25H24BrN3O4/c1-2-32-22-14-19(13-21(26)25(22)33-17-18-9-5-3-6-10-18)16-27-29-24(31)15-23(30)28-20-11-7-4-8-12-20/h3-14,16H,2,15,17H2,1H3,(H,28,30)(H,29,31). The van der Waals surface area contributed by atoms with Crippen molar-refractivity contribution in [2.24, 2.45) is 5.10 Å². The first kappa shape index (κ1) is 24.0. The van der Waals surface area contributed by atoms with Gasteiger partial charge in [-0.2, -0.15) is 5.10 Å². The van der Waals surface area contributed by atoms with Crippen molar-refractivity contribution in [3.8, 4) is 11.5 Å². The number of anilines is 1. The number of nitrogens with zero attached hydrogens (tertiary/aromatic N) is 1. The lowest BCUT2D eigenvalue weighted by molar-refractivity contribution is -0.126. The Morgan fingerprint density at radius 1 is 0.970 bits per heavy atom. The quantitative estimate of drug-likeness (QED) is 0.231. The molecule has 2 amide bonds. The van der Waals surface area contributed by atoms with Gasteiger partial charge in [0.1, 0.15) is 13.0 Å². The normalized spacial score (nSPS) is 10.6. The molecule has 0 heterocycles. The van der Waals surface area contributed by atoms with Crippen LogP contribution >= 0.6 is 15.9 Å². The monoisotopic (exact) mass is 509 g/mol. The molecule has 7 nitrogen and oxygen atoms in total. The summed E-state index contributed by atoms with van der Waals surface area (Å²) in [6.07, 6.45) is 1.13. The fourth-order valence-electron chi connectivity index (χ4n) is 2.89. The van der Waals surface area contributed by atoms with Crippen molar-refractivity contribution < 1.29 is 19.1 Å². The van der Waals surface area contributed by atoms with Crippen molar-refractivity contribution in [2.45, 2.75) is 20.0 Å². The fourth-order valence-corrected chi connectivity index (χ4v) is 3.46. The lowest BCUT2D eigenvalue weighted by Gasteiger charge is -2.14. The summed E-state index contributed by atoms with van der Waals surface area (Å²) in [5.41, 5.74) is 4.71. The second kappa shape index (κ2) is 12.4. The van der Waals surface area contributed by atoms with Crippen LogP contribution in [0, 0.1) is 0 Å². The van der Waals surface area contributed by atoms with Gasteiger partial charge >= 0.3 is 0 Å². The van der Waals surface area contributed by atoms with Gasteiger partial charge in [-0.05, 0) is 58.2 Å². The topological polar surface area (TPSA) is 89.0 Å². The highest BCUT2D eigenvalue weighted by molar-refractivity contribution is 9.10. The van der Waals surface area contributed by atoms with E-state index in [2.05, 4.69) is 31.8 Å². The zero-order valence-corrected chi connectivity index (χ0v) is 19.7. The number of nitrogens with one attached hydrogen (secondary N) is 2. The SMILES string of the molecule is CCOc1cc(C=NNC(=O)CC(=O)Nc2ccccc2)cc(Br)c1OCc1ccccc1. The van der Waals surface area contributed by atoms with Crippen LogP contribution in [-0.4, -0.2) is 24.6 Å². The van der Waals surface area contributed by atoms with E-state index in [0.29, 0.717) is 40.4 Å². The van der Waals surface area contributed by atoms with Crippen molar-refractivity contribution in [3.63, 3.8) is 0 Å². The molecule has 0 spiro atoms. The van der Waals surface area contributed by atoms with E-state index in [1.807, 2.05) is 43.3 Å². The number of rotatable bonds is 10. The first-order valence-corrected chi connectivity index (χ1v) is 11.1. The molecule has 3 aromatic carbocycles. The van der Waals surface area contributed by atoms with Gasteiger partial charge in [0.2, 0.25) is 11.8 Å². The molecule has 0 saturated heterocycles. The average Bonchev–Trinajstić information content (AvgIpc) is 2.80. The van der Waals surface area contributed by atoms with Gasteiger partial charge in [0.25, 0.3) is 0 Å². The predicted molar refractivity (Wildman–Crippen MR) is 132 cm³/mol. The number of carbonyl (C=O) groups excluding carboxylic acids is 2. The Morgan fingerprint density at radius 2 is 1.67 bits per heavy atom. The molecule has 3 rings (SSSR count). The molecule has 0 aliphatic heterocycles. The summed E-state index contributed by atoms with van der Waals surface area (Å²) in [6, 6.07) is 22.3. The molecule has 2 N–H and O–H groups in total. The number of hydrogen-bond acceptors (Lipinski definition) is 5. The summed E-state index contributed by atoms with van der Waals surface area (Å²) in [5, 5.41) is 6.60. The van der Waals surface area contributed by atoms with E-state index >= 15 is 0 Å². The van der Waals surface area contributed by atoms with Crippen LogP contribution in [0.2, 0.25) is 0 Å². The van der Waals surface area contributed by atoms with Gasteiger partial charge in [-0.3, -0.25) is 9.59 Å². The number of ether oxygens (including phenoxy) is 2. The number of halogens is 1. The Hall–Kier alpha value is -3.65. The summed E-state index contributed by atoms with van der Waals surface area (Å²) in [4.78, 5) is 24.0. The maximum Gasteiger partial charge on any atom is 0.249 e. The Morgan fingerprint density at radius 3 is 2.36 bits per heavy atom. The third-order valence-corrected chi connectivity index (χ3v) is 4.93. The van der Waals surface area contributed by atoms with Gasteiger partial charge < -0.3 is 14.8 Å². The lowest BCUT2D eigenvalue weighted by Crippen LogP contribution is -2.24. The highest BCUT2D eigenvalue weighted by atomic mass is 79.9. The minimum Gasteiger partial charge on any atom is -0.490 e. The highest BCUT2D eigenvalue weighted by Gasteiger charge is 2.13. The molecule has 0 aromatic heterocycles. The molecule has 0 atom stereocenters. The van der Waals surface area contributed by atoms with E-state index < -0.39 is 11.8 Å². The smallest absolute Gasteiger partial charge is 0.249 e. The zero-order valence-electron chi connectivity index (χ0n) is 18.1. The second-order valence-electron chi connectivity index (χ2n) is 6.92. The van der Waals surface area contributed by atoms with Crippen LogP contribution in [0.4, 0.5) is 5.69 Å². The van der Waals surface area contributed by atoms with Crippen LogP contribution in [0.15, 0.2) is 82.4 Å². The number of carbonyl (C=O) groups is 2. The van der Waals surface area contributed by atoms with Crippen molar-refractivity contribution >= 4 is 39.6 Å². The molecule has 170 valence electrons. The molecule has 8 heteroatoms. The van der Waals surface area contributed by atoms with Crippen LogP contribution < -0.4 is 20.2 Å². The molecule has 3 aromatic rings. The average molecular weight is 510 g/mol. The number of para-hydroxylation sites is 1. The molecule has 0 unspecified atom stereocenters. The van der Waals surface area contributed by atoms with Crippen molar-refractivity contribution in [1.82, 2.24) is 5.43 Å². The Bertz CT molecular complexity index is 1110. The summed E-state index contributed by atoms with van der Waals surface area (Å²) in [6.45, 7) is 2.74. The van der Waals surface area contributed by atoms with Crippen molar-refractivity contribution in [1.29, 1.82) is 0 Å². The predicted octanol–water partition coefficient (Wildman–Crippen LogP) is 4.91. The molecule has 0 radical (unpaired) electrons. The zero-order chi connectivity index (χ0) is 23.5. The van der Waals surface area contributed by atoms with E-state index in [0.717, 1.165) is 5.56 Å². The molecule has 0 saturated carbocycles. The van der Waals surface area contributed by atoms with Crippen LogP contribution in [0.25, 0.3) is 0 Å². The van der Waals surface area contributed by atoms with Gasteiger partial charge in [-0.15, -0.1) is 0 Å². The summed E-state index contributed by atoms with van der Waals surface area (Å²) < 4.78 is 12.4.